The number of nitrogens with one attached hydrogen (secondary N) is 2. The number of non-ortho nitro benzene ring substituents is 1. The number of ether oxygens (including phenoxy) is 2. The Kier molecular flexibility index (Phi) is 14.5. The topological polar surface area (TPSA) is 174 Å². The van der Waals surface area contributed by atoms with Crippen LogP contribution in [0.1, 0.15) is 82.3 Å². The molecule has 3 aromatic carbocycles. The average molecular weight is 751 g/mol. The highest BCUT2D eigenvalue weighted by atomic mass is 32.2. The van der Waals surface area contributed by atoms with Crippen LogP contribution >= 0.6 is 0 Å². The third-order valence-corrected chi connectivity index (χ3v) is 11.8. The Hall–Kier alpha value is -4.82. The summed E-state index contributed by atoms with van der Waals surface area (Å²) in [6.45, 7) is 3.91. The van der Waals surface area contributed by atoms with Crippen molar-refractivity contribution >= 4 is 33.7 Å². The fourth-order valence-corrected chi connectivity index (χ4v) is 8.69. The zero-order valence-corrected chi connectivity index (χ0v) is 31.5. The quantitative estimate of drug-likeness (QED) is 0.0856. The molecule has 0 aliphatic heterocycles. The summed E-state index contributed by atoms with van der Waals surface area (Å²) >= 11 is 0. The van der Waals surface area contributed by atoms with Crippen molar-refractivity contribution in [2.24, 2.45) is 5.92 Å². The minimum atomic E-state index is -4.28. The van der Waals surface area contributed by atoms with Gasteiger partial charge in [0, 0.05) is 30.1 Å². The zero-order chi connectivity index (χ0) is 38.6. The largest absolute Gasteiger partial charge is 0.468 e. The number of hydrogen-bond donors (Lipinski definition) is 2. The van der Waals surface area contributed by atoms with Gasteiger partial charge in [-0.15, -0.1) is 0 Å². The van der Waals surface area contributed by atoms with Crippen molar-refractivity contribution in [3.05, 3.63) is 106 Å². The number of methoxy groups -OCH3 is 2. The Bertz CT molecular complexity index is 1740. The second kappa shape index (κ2) is 18.8. The van der Waals surface area contributed by atoms with Crippen molar-refractivity contribution in [3.63, 3.8) is 0 Å². The van der Waals surface area contributed by atoms with E-state index in [1.807, 2.05) is 74.5 Å². The van der Waals surface area contributed by atoms with E-state index in [0.717, 1.165) is 40.4 Å². The molecule has 1 fully saturated rings. The summed E-state index contributed by atoms with van der Waals surface area (Å²) in [7, 11) is -1.83. The minimum absolute atomic E-state index is 0.0276. The van der Waals surface area contributed by atoms with Crippen LogP contribution in [0.2, 0.25) is 0 Å². The fourth-order valence-electron chi connectivity index (χ4n) is 7.07. The molecule has 1 unspecified atom stereocenters. The Morgan fingerprint density at radius 2 is 1.43 bits per heavy atom. The van der Waals surface area contributed by atoms with E-state index in [0.29, 0.717) is 32.1 Å². The van der Waals surface area contributed by atoms with Crippen LogP contribution in [0.15, 0.2) is 89.8 Å². The van der Waals surface area contributed by atoms with Crippen molar-refractivity contribution in [2.75, 3.05) is 20.8 Å². The molecule has 4 rings (SSSR count). The first-order valence-electron chi connectivity index (χ1n) is 17.9. The van der Waals surface area contributed by atoms with Crippen molar-refractivity contribution in [1.29, 1.82) is 0 Å². The molecule has 0 heterocycles. The van der Waals surface area contributed by atoms with Crippen LogP contribution in [0, 0.1) is 16.0 Å². The number of benzene rings is 3. The SMILES string of the molecule is COC(=O)N[C@H](C(=O)NC1(CCCC(C(=O)OC)N(CCC(C)C)S(=O)(=O)c2ccc([N+](=O)[O-])cc2)CCCC1)C(c1ccccc1)c1ccccc1. The van der Waals surface area contributed by atoms with Crippen LogP contribution in [-0.2, 0) is 29.1 Å². The number of esters is 1. The lowest BCUT2D eigenvalue weighted by molar-refractivity contribution is -0.384. The Morgan fingerprint density at radius 1 is 0.868 bits per heavy atom. The first-order valence-corrected chi connectivity index (χ1v) is 19.4. The molecular weight excluding hydrogens is 701 g/mol. The molecule has 3 aromatic rings. The van der Waals surface area contributed by atoms with E-state index in [1.165, 1.54) is 26.4 Å². The molecule has 2 atom stereocenters. The Balaban J connectivity index is 1.62. The number of sulfonamides is 1. The van der Waals surface area contributed by atoms with Gasteiger partial charge in [0.05, 0.1) is 24.0 Å². The second-order valence-electron chi connectivity index (χ2n) is 13.9. The van der Waals surface area contributed by atoms with E-state index < -0.39 is 50.5 Å². The highest BCUT2D eigenvalue weighted by molar-refractivity contribution is 7.89. The van der Waals surface area contributed by atoms with Crippen LogP contribution < -0.4 is 10.6 Å². The van der Waals surface area contributed by atoms with Crippen molar-refractivity contribution in [2.45, 2.75) is 93.7 Å². The highest BCUT2D eigenvalue weighted by Gasteiger charge is 2.42. The molecule has 0 radical (unpaired) electrons. The predicted molar refractivity (Wildman–Crippen MR) is 199 cm³/mol. The first kappa shape index (κ1) is 40.9. The molecule has 1 aliphatic rings. The maximum Gasteiger partial charge on any atom is 0.407 e. The summed E-state index contributed by atoms with van der Waals surface area (Å²) in [6.07, 6.45) is 3.64. The molecule has 2 N–H and O–H groups in total. The summed E-state index contributed by atoms with van der Waals surface area (Å²) < 4.78 is 39.3. The maximum absolute atomic E-state index is 14.4. The van der Waals surface area contributed by atoms with E-state index in [-0.39, 0.29) is 35.4 Å². The molecule has 0 spiro atoms. The number of nitro benzene ring substituents is 1. The smallest absolute Gasteiger partial charge is 0.407 e. The molecule has 53 heavy (non-hydrogen) atoms. The van der Waals surface area contributed by atoms with Gasteiger partial charge in [-0.25, -0.2) is 13.2 Å². The molecule has 0 aromatic heterocycles. The summed E-state index contributed by atoms with van der Waals surface area (Å²) in [6, 6.07) is 21.3. The van der Waals surface area contributed by atoms with Gasteiger partial charge in [0.15, 0.2) is 0 Å². The summed E-state index contributed by atoms with van der Waals surface area (Å²) in [5.41, 5.74) is 0.722. The molecule has 0 saturated heterocycles. The maximum atomic E-state index is 14.4. The molecule has 1 aliphatic carbocycles. The fraction of sp³-hybridized carbons (Fsp3) is 0.462. The number of carbonyl (C=O) groups is 3. The van der Waals surface area contributed by atoms with Crippen molar-refractivity contribution in [1.82, 2.24) is 14.9 Å². The number of nitrogens with zero attached hydrogens (tertiary/aromatic N) is 2. The third-order valence-electron chi connectivity index (χ3n) is 9.88. The van der Waals surface area contributed by atoms with Crippen LogP contribution in [-0.4, -0.2) is 74.0 Å². The van der Waals surface area contributed by atoms with E-state index in [9.17, 15) is 32.9 Å². The lowest BCUT2D eigenvalue weighted by Crippen LogP contribution is -2.56. The average Bonchev–Trinajstić information content (AvgIpc) is 3.62. The van der Waals surface area contributed by atoms with Crippen molar-refractivity contribution in [3.8, 4) is 0 Å². The second-order valence-corrected chi connectivity index (χ2v) is 15.8. The molecule has 1 saturated carbocycles. The van der Waals surface area contributed by atoms with Gasteiger partial charge in [0.1, 0.15) is 12.1 Å². The summed E-state index contributed by atoms with van der Waals surface area (Å²) in [5, 5.41) is 17.3. The van der Waals surface area contributed by atoms with Gasteiger partial charge in [-0.05, 0) is 67.7 Å². The van der Waals surface area contributed by atoms with Gasteiger partial charge in [0.2, 0.25) is 15.9 Å². The first-order chi connectivity index (χ1) is 25.3. The van der Waals surface area contributed by atoms with E-state index in [2.05, 4.69) is 10.6 Å². The van der Waals surface area contributed by atoms with Crippen LogP contribution in [0.25, 0.3) is 0 Å². The number of rotatable bonds is 18. The molecular formula is C39H50N4O9S. The number of amides is 2. The van der Waals surface area contributed by atoms with E-state index >= 15 is 0 Å². The van der Waals surface area contributed by atoms with Crippen LogP contribution in [0.3, 0.4) is 0 Å². The summed E-state index contributed by atoms with van der Waals surface area (Å²) in [4.78, 5) is 50.9. The standard InChI is InChI=1S/C39H50N4O9S/c1-28(2)23-27-42(53(49,50)32-21-19-31(20-22-32)43(47)48)33(37(45)51-3)18-13-26-39(24-11-12-25-39)41-36(44)35(40-38(46)52-4)34(29-14-7-5-8-15-29)30-16-9-6-10-17-30/h5-10,14-17,19-22,28,33-35H,11-13,18,23-27H2,1-4H3,(H,40,46)(H,41,44)/t33?,35-/m0/s1. The number of alkyl carbamates (subject to hydrolysis) is 1. The Labute approximate surface area is 311 Å². The van der Waals surface area contributed by atoms with Crippen LogP contribution in [0.4, 0.5) is 10.5 Å². The lowest BCUT2D eigenvalue weighted by atomic mass is 9.83. The molecule has 13 nitrogen and oxygen atoms in total. The number of carbonyl (C=O) groups excluding carboxylic acids is 3. The number of nitro groups is 1. The predicted octanol–water partition coefficient (Wildman–Crippen LogP) is 6.33. The molecule has 286 valence electrons. The summed E-state index contributed by atoms with van der Waals surface area (Å²) in [5.74, 6) is -1.54. The van der Waals surface area contributed by atoms with Gasteiger partial charge in [-0.3, -0.25) is 19.7 Å². The lowest BCUT2D eigenvalue weighted by Gasteiger charge is -2.36. The van der Waals surface area contributed by atoms with Gasteiger partial charge in [0.25, 0.3) is 5.69 Å². The Morgan fingerprint density at radius 3 is 1.92 bits per heavy atom. The highest BCUT2D eigenvalue weighted by Crippen LogP contribution is 2.36. The minimum Gasteiger partial charge on any atom is -0.468 e. The van der Waals surface area contributed by atoms with Gasteiger partial charge in [-0.1, -0.05) is 87.4 Å². The molecule has 0 bridgehead atoms. The monoisotopic (exact) mass is 750 g/mol. The van der Waals surface area contributed by atoms with E-state index in [4.69, 9.17) is 9.47 Å². The van der Waals surface area contributed by atoms with Crippen LogP contribution in [0.5, 0.6) is 0 Å². The molecule has 2 amide bonds. The third kappa shape index (κ3) is 10.6. The van der Waals surface area contributed by atoms with E-state index in [1.54, 1.807) is 0 Å². The number of hydrogen-bond acceptors (Lipinski definition) is 9. The normalized spacial score (nSPS) is 15.2. The zero-order valence-electron chi connectivity index (χ0n) is 30.7. The van der Waals surface area contributed by atoms with Gasteiger partial charge < -0.3 is 20.1 Å². The molecule has 14 heteroatoms. The van der Waals surface area contributed by atoms with Gasteiger partial charge >= 0.3 is 12.1 Å². The van der Waals surface area contributed by atoms with Gasteiger partial charge in [-0.2, -0.15) is 4.31 Å². The van der Waals surface area contributed by atoms with Crippen molar-refractivity contribution < 1.29 is 37.2 Å².